The molecular weight excluding hydrogens is 396 g/mol. The molecule has 1 amide bonds. The number of non-ortho nitro benzene ring substituents is 1. The zero-order valence-corrected chi connectivity index (χ0v) is 15.9. The summed E-state index contributed by atoms with van der Waals surface area (Å²) < 4.78 is 0. The highest BCUT2D eigenvalue weighted by atomic mass is 32.2. The summed E-state index contributed by atoms with van der Waals surface area (Å²) in [6, 6.07) is 11.6. The summed E-state index contributed by atoms with van der Waals surface area (Å²) in [5.74, 6) is -0.129. The molecule has 29 heavy (non-hydrogen) atoms. The van der Waals surface area contributed by atoms with Crippen LogP contribution in [0.25, 0.3) is 0 Å². The Morgan fingerprint density at radius 2 is 1.93 bits per heavy atom. The number of nitro benzene ring substituents is 1. The van der Waals surface area contributed by atoms with Crippen molar-refractivity contribution < 1.29 is 14.6 Å². The van der Waals surface area contributed by atoms with Gasteiger partial charge in [0.25, 0.3) is 11.6 Å². The number of hydrogen-bond donors (Lipinski definition) is 1. The van der Waals surface area contributed by atoms with Gasteiger partial charge in [0.15, 0.2) is 0 Å². The Morgan fingerprint density at radius 1 is 1.14 bits per heavy atom. The number of hydrogen-bond acceptors (Lipinski definition) is 7. The van der Waals surface area contributed by atoms with Crippen LogP contribution in [-0.4, -0.2) is 44.4 Å². The maximum atomic E-state index is 13.5. The van der Waals surface area contributed by atoms with Gasteiger partial charge in [-0.25, -0.2) is 0 Å². The van der Waals surface area contributed by atoms with E-state index in [9.17, 15) is 25.0 Å². The third-order valence-corrected chi connectivity index (χ3v) is 7.21. The first-order valence-electron chi connectivity index (χ1n) is 9.09. The van der Waals surface area contributed by atoms with Crippen LogP contribution in [0.5, 0.6) is 0 Å². The zero-order chi connectivity index (χ0) is 20.3. The lowest BCUT2D eigenvalue weighted by molar-refractivity contribution is -0.527. The molecule has 0 saturated carbocycles. The van der Waals surface area contributed by atoms with Crippen molar-refractivity contribution in [1.29, 1.82) is 0 Å². The molecule has 1 spiro atoms. The highest BCUT2D eigenvalue weighted by Gasteiger charge is 2.72. The van der Waals surface area contributed by atoms with Crippen LogP contribution in [-0.2, 0) is 10.3 Å². The number of carbonyl (C=O) groups is 1. The third kappa shape index (κ3) is 2.29. The lowest BCUT2D eigenvalue weighted by Gasteiger charge is -2.35. The van der Waals surface area contributed by atoms with Crippen molar-refractivity contribution in [3.8, 4) is 0 Å². The molecule has 2 fully saturated rings. The molecule has 1 N–H and O–H groups in total. The second-order valence-electron chi connectivity index (χ2n) is 7.41. The average Bonchev–Trinajstić information content (AvgIpc) is 3.35. The number of para-hydroxylation sites is 1. The summed E-state index contributed by atoms with van der Waals surface area (Å²) in [6.45, 7) is 0. The molecule has 4 atom stereocenters. The van der Waals surface area contributed by atoms with Gasteiger partial charge in [0.2, 0.25) is 6.04 Å². The second kappa shape index (κ2) is 6.26. The number of anilines is 1. The average molecular weight is 412 g/mol. The van der Waals surface area contributed by atoms with Gasteiger partial charge in [-0.3, -0.25) is 29.9 Å². The number of nitro groups is 2. The molecule has 0 bridgehead atoms. The molecule has 2 aromatic rings. The van der Waals surface area contributed by atoms with E-state index in [-0.39, 0.29) is 16.5 Å². The number of thioether (sulfide) groups is 1. The van der Waals surface area contributed by atoms with Crippen LogP contribution < -0.4 is 5.32 Å². The molecule has 5 rings (SSSR count). The highest BCUT2D eigenvalue weighted by Crippen LogP contribution is 2.59. The molecule has 3 aliphatic heterocycles. The van der Waals surface area contributed by atoms with Gasteiger partial charge in [-0.1, -0.05) is 30.3 Å². The molecule has 9 nitrogen and oxygen atoms in total. The molecule has 0 aromatic heterocycles. The topological polar surface area (TPSA) is 119 Å². The predicted molar refractivity (Wildman–Crippen MR) is 106 cm³/mol. The molecule has 1 unspecified atom stereocenters. The summed E-state index contributed by atoms with van der Waals surface area (Å²) in [6.07, 6.45) is 0. The summed E-state index contributed by atoms with van der Waals surface area (Å²) in [4.78, 5) is 38.1. The monoisotopic (exact) mass is 412 g/mol. The summed E-state index contributed by atoms with van der Waals surface area (Å²) in [5.41, 5.74) is 0.350. The molecule has 0 aliphatic carbocycles. The van der Waals surface area contributed by atoms with Gasteiger partial charge in [-0.2, -0.15) is 0 Å². The Kier molecular flexibility index (Phi) is 3.90. The lowest BCUT2D eigenvalue weighted by atomic mass is 9.74. The largest absolute Gasteiger partial charge is 0.324 e. The third-order valence-electron chi connectivity index (χ3n) is 6.17. The Balaban J connectivity index is 1.80. The highest BCUT2D eigenvalue weighted by molar-refractivity contribution is 7.99. The quantitative estimate of drug-likeness (QED) is 0.608. The number of carbonyl (C=O) groups excluding carboxylic acids is 1. The number of amides is 1. The van der Waals surface area contributed by atoms with E-state index in [1.54, 1.807) is 30.0 Å². The fourth-order valence-electron chi connectivity index (χ4n) is 5.14. The molecule has 2 aromatic carbocycles. The van der Waals surface area contributed by atoms with Gasteiger partial charge in [0.05, 0.1) is 16.9 Å². The van der Waals surface area contributed by atoms with Gasteiger partial charge >= 0.3 is 0 Å². The minimum absolute atomic E-state index is 0.145. The molecule has 10 heteroatoms. The van der Waals surface area contributed by atoms with E-state index in [0.29, 0.717) is 28.4 Å². The molecular formula is C19H16N4O5S. The van der Waals surface area contributed by atoms with Crippen molar-refractivity contribution in [2.24, 2.45) is 0 Å². The zero-order valence-electron chi connectivity index (χ0n) is 15.1. The van der Waals surface area contributed by atoms with Crippen molar-refractivity contribution in [1.82, 2.24) is 4.90 Å². The van der Waals surface area contributed by atoms with Gasteiger partial charge in [-0.15, -0.1) is 11.8 Å². The molecule has 2 saturated heterocycles. The molecule has 0 radical (unpaired) electrons. The van der Waals surface area contributed by atoms with Gasteiger partial charge < -0.3 is 5.32 Å². The van der Waals surface area contributed by atoms with E-state index in [4.69, 9.17) is 0 Å². The van der Waals surface area contributed by atoms with E-state index < -0.39 is 28.5 Å². The van der Waals surface area contributed by atoms with Gasteiger partial charge in [0.1, 0.15) is 5.54 Å². The normalized spacial score (nSPS) is 30.2. The van der Waals surface area contributed by atoms with Gasteiger partial charge in [-0.05, 0) is 11.6 Å². The van der Waals surface area contributed by atoms with E-state index in [1.165, 1.54) is 18.2 Å². The van der Waals surface area contributed by atoms with Crippen molar-refractivity contribution in [3.05, 3.63) is 79.9 Å². The minimum Gasteiger partial charge on any atom is -0.324 e. The standard InChI is InChI=1S/C19H16N4O5S/c24-18-19(13-6-1-2-7-14(13)20-18)16(11-4-3-5-12(8-11)22(25)26)17(23(27)28)15-9-29-10-21(15)19/h1-8,15-17H,9-10H2,(H,20,24)/t15?,16-,17+,19+/m0/s1. The first-order chi connectivity index (χ1) is 14.0. The smallest absolute Gasteiger partial charge is 0.269 e. The maximum Gasteiger partial charge on any atom is 0.269 e. The number of nitrogens with zero attached hydrogens (tertiary/aromatic N) is 3. The summed E-state index contributed by atoms with van der Waals surface area (Å²) in [5, 5.41) is 26.4. The van der Waals surface area contributed by atoms with Crippen LogP contribution in [0.1, 0.15) is 17.0 Å². The number of benzene rings is 2. The van der Waals surface area contributed by atoms with Crippen LogP contribution >= 0.6 is 11.8 Å². The van der Waals surface area contributed by atoms with Crippen LogP contribution in [0.2, 0.25) is 0 Å². The first-order valence-corrected chi connectivity index (χ1v) is 10.2. The van der Waals surface area contributed by atoms with E-state index >= 15 is 0 Å². The maximum absolute atomic E-state index is 13.5. The predicted octanol–water partition coefficient (Wildman–Crippen LogP) is 2.56. The SMILES string of the molecule is O=C1Nc2ccccc2[C@@]12[C@@H](c1cccc([N+](=O)[O-])c1)[C@H]([N+](=O)[O-])C1CSCN12. The Bertz CT molecular complexity index is 1060. The van der Waals surface area contributed by atoms with Crippen molar-refractivity contribution in [3.63, 3.8) is 0 Å². The molecule has 148 valence electrons. The van der Waals surface area contributed by atoms with Crippen molar-refractivity contribution in [2.75, 3.05) is 16.9 Å². The number of rotatable bonds is 3. The fraction of sp³-hybridized carbons (Fsp3) is 0.316. The van der Waals surface area contributed by atoms with Crippen molar-refractivity contribution >= 4 is 29.0 Å². The minimum atomic E-state index is -1.27. The fourth-order valence-corrected chi connectivity index (χ4v) is 6.46. The Hall–Kier alpha value is -2.98. The van der Waals surface area contributed by atoms with Crippen LogP contribution in [0.15, 0.2) is 48.5 Å². The van der Waals surface area contributed by atoms with Crippen LogP contribution in [0.4, 0.5) is 11.4 Å². The van der Waals surface area contributed by atoms with E-state index in [0.717, 1.165) is 0 Å². The lowest BCUT2D eigenvalue weighted by Crippen LogP contribution is -2.50. The van der Waals surface area contributed by atoms with Crippen LogP contribution in [0, 0.1) is 20.2 Å². The Labute approximate surface area is 169 Å². The summed E-state index contributed by atoms with van der Waals surface area (Å²) >= 11 is 1.56. The Morgan fingerprint density at radius 3 is 2.69 bits per heavy atom. The second-order valence-corrected chi connectivity index (χ2v) is 8.41. The van der Waals surface area contributed by atoms with Gasteiger partial charge in [0, 0.05) is 39.9 Å². The first kappa shape index (κ1) is 18.1. The molecule has 3 heterocycles. The van der Waals surface area contributed by atoms with E-state index in [1.807, 2.05) is 17.0 Å². The summed E-state index contributed by atoms with van der Waals surface area (Å²) in [7, 11) is 0. The number of fused-ring (bicyclic) bond motifs is 4. The number of nitrogens with one attached hydrogen (secondary N) is 1. The molecule has 3 aliphatic rings. The van der Waals surface area contributed by atoms with E-state index in [2.05, 4.69) is 5.32 Å². The van der Waals surface area contributed by atoms with Crippen LogP contribution in [0.3, 0.4) is 0 Å². The van der Waals surface area contributed by atoms with Crippen molar-refractivity contribution in [2.45, 2.75) is 23.5 Å².